The highest BCUT2D eigenvalue weighted by Gasteiger charge is 2.56. The van der Waals surface area contributed by atoms with E-state index in [0.29, 0.717) is 24.6 Å². The summed E-state index contributed by atoms with van der Waals surface area (Å²) in [5, 5.41) is 12.8. The van der Waals surface area contributed by atoms with Crippen molar-refractivity contribution in [2.75, 3.05) is 11.9 Å². The van der Waals surface area contributed by atoms with Crippen LogP contribution in [0.2, 0.25) is 0 Å². The summed E-state index contributed by atoms with van der Waals surface area (Å²) < 4.78 is 0. The molecule has 2 aromatic rings. The van der Waals surface area contributed by atoms with Crippen molar-refractivity contribution >= 4 is 23.7 Å². The van der Waals surface area contributed by atoms with Gasteiger partial charge in [-0.15, -0.1) is 0 Å². The number of rotatable bonds is 4. The van der Waals surface area contributed by atoms with Crippen molar-refractivity contribution in [2.24, 2.45) is 11.3 Å². The Hall–Kier alpha value is -3.16. The third-order valence-corrected chi connectivity index (χ3v) is 6.90. The highest BCUT2D eigenvalue weighted by molar-refractivity contribution is 6.10. The average molecular weight is 452 g/mol. The maximum absolute atomic E-state index is 13.2. The van der Waals surface area contributed by atoms with Crippen LogP contribution in [0.5, 0.6) is 0 Å². The number of carbonyl (C=O) groups is 3. The van der Waals surface area contributed by atoms with E-state index in [1.807, 2.05) is 6.92 Å². The van der Waals surface area contributed by atoms with Crippen molar-refractivity contribution < 1.29 is 14.4 Å². The number of nitrogens with one attached hydrogen (secondary N) is 3. The number of aryl methyl sites for hydroxylation is 3. The van der Waals surface area contributed by atoms with E-state index < -0.39 is 17.5 Å². The number of urea groups is 1. The lowest BCUT2D eigenvalue weighted by Gasteiger charge is -2.43. The quantitative estimate of drug-likeness (QED) is 0.609. The van der Waals surface area contributed by atoms with Crippen molar-refractivity contribution in [2.45, 2.75) is 66.3 Å². The minimum atomic E-state index is -0.918. The number of anilines is 1. The summed E-state index contributed by atoms with van der Waals surface area (Å²) in [5.74, 6) is -0.116. The van der Waals surface area contributed by atoms with Gasteiger partial charge >= 0.3 is 6.03 Å². The van der Waals surface area contributed by atoms with Gasteiger partial charge in [0.15, 0.2) is 5.82 Å². The van der Waals surface area contributed by atoms with E-state index in [2.05, 4.69) is 67.6 Å². The molecule has 1 aliphatic heterocycles. The van der Waals surface area contributed by atoms with Crippen LogP contribution in [0.1, 0.15) is 56.7 Å². The Morgan fingerprint density at radius 3 is 2.52 bits per heavy atom. The van der Waals surface area contributed by atoms with E-state index in [1.54, 1.807) is 6.07 Å². The van der Waals surface area contributed by atoms with Crippen molar-refractivity contribution in [3.8, 4) is 11.3 Å². The molecule has 2 aliphatic rings. The largest absolute Gasteiger partial charge is 0.325 e. The van der Waals surface area contributed by atoms with Crippen LogP contribution in [0, 0.1) is 32.1 Å². The van der Waals surface area contributed by atoms with Crippen LogP contribution in [-0.2, 0) is 9.59 Å². The summed E-state index contributed by atoms with van der Waals surface area (Å²) in [6.45, 7) is 12.1. The molecule has 2 fully saturated rings. The van der Waals surface area contributed by atoms with Gasteiger partial charge in [0.1, 0.15) is 12.1 Å². The first-order valence-electron chi connectivity index (χ1n) is 11.5. The van der Waals surface area contributed by atoms with Crippen LogP contribution in [0.15, 0.2) is 18.2 Å². The molecule has 2 unspecified atom stereocenters. The van der Waals surface area contributed by atoms with Gasteiger partial charge in [-0.1, -0.05) is 26.8 Å². The van der Waals surface area contributed by atoms with Crippen molar-refractivity contribution in [3.05, 3.63) is 34.9 Å². The Morgan fingerprint density at radius 2 is 1.82 bits per heavy atom. The molecule has 4 amide bonds. The first kappa shape index (κ1) is 23.0. The Labute approximate surface area is 194 Å². The molecule has 2 atom stereocenters. The summed E-state index contributed by atoms with van der Waals surface area (Å²) in [5.41, 5.74) is 4.31. The molecule has 1 spiro atoms. The Balaban J connectivity index is 1.45. The zero-order chi connectivity index (χ0) is 24.1. The summed E-state index contributed by atoms with van der Waals surface area (Å²) in [4.78, 5) is 39.6. The number of amides is 4. The van der Waals surface area contributed by atoms with Gasteiger partial charge in [0.2, 0.25) is 5.91 Å². The summed E-state index contributed by atoms with van der Waals surface area (Å²) in [7, 11) is 0. The molecule has 2 heterocycles. The van der Waals surface area contributed by atoms with E-state index in [9.17, 15) is 14.4 Å². The van der Waals surface area contributed by atoms with E-state index in [1.165, 1.54) is 11.1 Å². The first-order valence-corrected chi connectivity index (χ1v) is 11.5. The van der Waals surface area contributed by atoms with Crippen molar-refractivity contribution in [3.63, 3.8) is 0 Å². The number of carbonyl (C=O) groups excluding carboxylic acids is 3. The number of aromatic amines is 1. The van der Waals surface area contributed by atoms with Gasteiger partial charge in [-0.3, -0.25) is 19.6 Å². The zero-order valence-corrected chi connectivity index (χ0v) is 20.3. The molecule has 0 bridgehead atoms. The number of hydrogen-bond acceptors (Lipinski definition) is 4. The van der Waals surface area contributed by atoms with Gasteiger partial charge < -0.3 is 10.6 Å². The van der Waals surface area contributed by atoms with E-state index in [4.69, 9.17) is 0 Å². The van der Waals surface area contributed by atoms with Crippen molar-refractivity contribution in [1.82, 2.24) is 20.4 Å². The lowest BCUT2D eigenvalue weighted by Crippen LogP contribution is -2.54. The number of aromatic nitrogens is 2. The molecule has 33 heavy (non-hydrogen) atoms. The average Bonchev–Trinajstić information content (AvgIpc) is 3.21. The lowest BCUT2D eigenvalue weighted by atomic mass is 9.64. The van der Waals surface area contributed by atoms with Crippen LogP contribution >= 0.6 is 0 Å². The molecule has 8 heteroatoms. The fourth-order valence-electron chi connectivity index (χ4n) is 5.75. The second-order valence-corrected chi connectivity index (χ2v) is 10.7. The molecular formula is C25H33N5O3. The van der Waals surface area contributed by atoms with Crippen LogP contribution in [0.3, 0.4) is 0 Å². The van der Waals surface area contributed by atoms with Crippen molar-refractivity contribution in [1.29, 1.82) is 0 Å². The Morgan fingerprint density at radius 1 is 1.12 bits per heavy atom. The molecule has 1 aromatic carbocycles. The maximum atomic E-state index is 13.2. The summed E-state index contributed by atoms with van der Waals surface area (Å²) >= 11 is 0. The fourth-order valence-corrected chi connectivity index (χ4v) is 5.75. The number of hydrogen-bond donors (Lipinski definition) is 3. The molecule has 0 radical (unpaired) electrons. The number of nitrogens with zero attached hydrogens (tertiary/aromatic N) is 2. The molecule has 1 aromatic heterocycles. The number of imide groups is 1. The highest BCUT2D eigenvalue weighted by Crippen LogP contribution is 2.46. The molecule has 1 saturated heterocycles. The minimum absolute atomic E-state index is 0.0587. The SMILES string of the molecule is Cc1cc(C)c(-c2cc(NC(=O)CN3C(=O)NC4(CC(C)CC(C)(C)C4)C3=O)n[nH]2)cc1C. The summed E-state index contributed by atoms with van der Waals surface area (Å²) in [6, 6.07) is 5.45. The van der Waals surface area contributed by atoms with Crippen LogP contribution in [0.25, 0.3) is 11.3 Å². The van der Waals surface area contributed by atoms with Gasteiger partial charge in [-0.05, 0) is 74.1 Å². The highest BCUT2D eigenvalue weighted by atomic mass is 16.2. The standard InChI is InChI=1S/C25H33N5O3/c1-14-10-24(5,6)13-25(11-14)22(32)30(23(33)27-25)12-21(31)26-20-9-19(28-29-20)18-8-16(3)15(2)7-17(18)4/h7-9,14H,10-13H2,1-6H3,(H,27,33)(H2,26,28,29,31). The first-order chi connectivity index (χ1) is 15.4. The topological polar surface area (TPSA) is 107 Å². The third kappa shape index (κ3) is 4.38. The van der Waals surface area contributed by atoms with E-state index in [0.717, 1.165) is 28.1 Å². The van der Waals surface area contributed by atoms with Gasteiger partial charge in [0, 0.05) is 11.6 Å². The zero-order valence-electron chi connectivity index (χ0n) is 20.3. The smallest absolute Gasteiger partial charge is 0.323 e. The molecule has 8 nitrogen and oxygen atoms in total. The minimum Gasteiger partial charge on any atom is -0.323 e. The second kappa shape index (κ2) is 8.01. The molecule has 176 valence electrons. The molecular weight excluding hydrogens is 418 g/mol. The Kier molecular flexibility index (Phi) is 5.58. The van der Waals surface area contributed by atoms with E-state index in [-0.39, 0.29) is 17.9 Å². The number of H-pyrrole nitrogens is 1. The van der Waals surface area contributed by atoms with E-state index >= 15 is 0 Å². The van der Waals surface area contributed by atoms with Gasteiger partial charge in [0.25, 0.3) is 5.91 Å². The molecule has 1 saturated carbocycles. The van der Waals surface area contributed by atoms with Gasteiger partial charge in [-0.25, -0.2) is 4.79 Å². The molecule has 1 aliphatic carbocycles. The fraction of sp³-hybridized carbons (Fsp3) is 0.520. The monoisotopic (exact) mass is 451 g/mol. The third-order valence-electron chi connectivity index (χ3n) is 6.90. The second-order valence-electron chi connectivity index (χ2n) is 10.7. The number of benzene rings is 1. The van der Waals surface area contributed by atoms with Crippen LogP contribution < -0.4 is 10.6 Å². The molecule has 3 N–H and O–H groups in total. The normalized spacial score (nSPS) is 24.3. The Bertz CT molecular complexity index is 1140. The maximum Gasteiger partial charge on any atom is 0.325 e. The predicted molar refractivity (Wildman–Crippen MR) is 127 cm³/mol. The molecule has 4 rings (SSSR count). The van der Waals surface area contributed by atoms with Gasteiger partial charge in [-0.2, -0.15) is 5.10 Å². The van der Waals surface area contributed by atoms with Gasteiger partial charge in [0.05, 0.1) is 5.69 Å². The van der Waals surface area contributed by atoms with Crippen LogP contribution in [0.4, 0.5) is 10.6 Å². The predicted octanol–water partition coefficient (Wildman–Crippen LogP) is 4.08. The lowest BCUT2D eigenvalue weighted by molar-refractivity contribution is -0.136. The van der Waals surface area contributed by atoms with Crippen LogP contribution in [-0.4, -0.2) is 45.0 Å². The summed E-state index contributed by atoms with van der Waals surface area (Å²) in [6.07, 6.45) is 2.17.